The van der Waals surface area contributed by atoms with Gasteiger partial charge in [-0.15, -0.1) is 0 Å². The normalized spacial score (nSPS) is 31.1. The monoisotopic (exact) mass is 262 g/mol. The highest BCUT2D eigenvalue weighted by molar-refractivity contribution is 5.68. The molecule has 0 aromatic heterocycles. The largest absolute Gasteiger partial charge is 0.444 e. The maximum absolute atomic E-state index is 13.9. The van der Waals surface area contributed by atoms with E-state index in [0.29, 0.717) is 19.6 Å². The van der Waals surface area contributed by atoms with Gasteiger partial charge in [0.25, 0.3) is 5.92 Å². The molecule has 2 aliphatic heterocycles. The summed E-state index contributed by atoms with van der Waals surface area (Å²) in [4.78, 5) is 13.0. The van der Waals surface area contributed by atoms with Gasteiger partial charge in [0.05, 0.1) is 6.54 Å². The first-order valence-corrected chi connectivity index (χ1v) is 6.25. The molecule has 1 N–H and O–H groups in total. The molecule has 2 fully saturated rings. The van der Waals surface area contributed by atoms with Gasteiger partial charge in [-0.05, 0) is 26.7 Å². The summed E-state index contributed by atoms with van der Waals surface area (Å²) in [5.74, 6) is -3.67. The van der Waals surface area contributed by atoms with Crippen molar-refractivity contribution in [3.05, 3.63) is 0 Å². The lowest BCUT2D eigenvalue weighted by Crippen LogP contribution is -2.55. The number of carbonyl (C=O) groups is 1. The molecule has 0 aromatic carbocycles. The van der Waals surface area contributed by atoms with Crippen molar-refractivity contribution in [1.82, 2.24) is 10.2 Å². The summed E-state index contributed by atoms with van der Waals surface area (Å²) in [7, 11) is 0. The number of hydrogen-bond acceptors (Lipinski definition) is 3. The molecule has 2 rings (SSSR count). The second-order valence-electron chi connectivity index (χ2n) is 6.15. The van der Waals surface area contributed by atoms with Crippen LogP contribution in [-0.4, -0.2) is 48.7 Å². The number of amides is 1. The van der Waals surface area contributed by atoms with E-state index in [2.05, 4.69) is 5.32 Å². The molecular weight excluding hydrogens is 242 g/mol. The smallest absolute Gasteiger partial charge is 0.410 e. The zero-order valence-corrected chi connectivity index (χ0v) is 11.0. The van der Waals surface area contributed by atoms with Crippen LogP contribution in [0, 0.1) is 11.8 Å². The molecule has 4 nitrogen and oxygen atoms in total. The van der Waals surface area contributed by atoms with Crippen molar-refractivity contribution < 1.29 is 18.3 Å². The number of halogens is 2. The van der Waals surface area contributed by atoms with Crippen molar-refractivity contribution in [3.63, 3.8) is 0 Å². The molecule has 0 aromatic rings. The molecular formula is C12H20F2N2O2. The standard InChI is InChI=1S/C12H20F2N2O2/c1-11(2,3)18-10(17)16-6-8-4-15-5-9(8)12(13,14)7-16/h8-9,15H,4-7H2,1-3H3/t8-,9+/m0/s1. The van der Waals surface area contributed by atoms with Crippen molar-refractivity contribution in [2.24, 2.45) is 11.8 Å². The van der Waals surface area contributed by atoms with Crippen LogP contribution < -0.4 is 5.32 Å². The predicted molar refractivity (Wildman–Crippen MR) is 62.6 cm³/mol. The maximum atomic E-state index is 13.9. The zero-order chi connectivity index (χ0) is 13.6. The molecule has 6 heteroatoms. The van der Waals surface area contributed by atoms with E-state index in [4.69, 9.17) is 4.74 Å². The maximum Gasteiger partial charge on any atom is 0.410 e. The first-order valence-electron chi connectivity index (χ1n) is 6.25. The number of fused-ring (bicyclic) bond motifs is 1. The Kier molecular flexibility index (Phi) is 3.25. The number of carbonyl (C=O) groups excluding carboxylic acids is 1. The van der Waals surface area contributed by atoms with Gasteiger partial charge in [0, 0.05) is 25.6 Å². The minimum Gasteiger partial charge on any atom is -0.444 e. The Balaban J connectivity index is 2.05. The summed E-state index contributed by atoms with van der Waals surface area (Å²) < 4.78 is 33.0. The van der Waals surface area contributed by atoms with Gasteiger partial charge >= 0.3 is 6.09 Å². The highest BCUT2D eigenvalue weighted by atomic mass is 19.3. The summed E-state index contributed by atoms with van der Waals surface area (Å²) >= 11 is 0. The van der Waals surface area contributed by atoms with E-state index >= 15 is 0 Å². The fraction of sp³-hybridized carbons (Fsp3) is 0.917. The van der Waals surface area contributed by atoms with Gasteiger partial charge < -0.3 is 15.0 Å². The van der Waals surface area contributed by atoms with Gasteiger partial charge in [-0.1, -0.05) is 0 Å². The molecule has 0 aliphatic carbocycles. The Morgan fingerprint density at radius 1 is 1.39 bits per heavy atom. The molecule has 2 aliphatic rings. The molecule has 2 heterocycles. The molecule has 0 radical (unpaired) electrons. The Bertz CT molecular complexity index is 341. The average Bonchev–Trinajstić information content (AvgIpc) is 2.62. The van der Waals surface area contributed by atoms with Gasteiger partial charge in [0.2, 0.25) is 0 Å². The topological polar surface area (TPSA) is 41.6 Å². The van der Waals surface area contributed by atoms with Crippen LogP contribution in [0.2, 0.25) is 0 Å². The van der Waals surface area contributed by atoms with Crippen molar-refractivity contribution in [2.75, 3.05) is 26.2 Å². The Hall–Kier alpha value is -0.910. The number of ether oxygens (including phenoxy) is 1. The van der Waals surface area contributed by atoms with Crippen molar-refractivity contribution in [1.29, 1.82) is 0 Å². The molecule has 0 spiro atoms. The van der Waals surface area contributed by atoms with Crippen molar-refractivity contribution in [3.8, 4) is 0 Å². The van der Waals surface area contributed by atoms with Gasteiger partial charge in [0.1, 0.15) is 5.60 Å². The summed E-state index contributed by atoms with van der Waals surface area (Å²) in [5, 5.41) is 2.97. The quantitative estimate of drug-likeness (QED) is 0.722. The van der Waals surface area contributed by atoms with E-state index in [1.807, 2.05) is 0 Å². The van der Waals surface area contributed by atoms with Crippen LogP contribution in [0.1, 0.15) is 20.8 Å². The van der Waals surface area contributed by atoms with Crippen molar-refractivity contribution >= 4 is 6.09 Å². The van der Waals surface area contributed by atoms with E-state index in [-0.39, 0.29) is 5.92 Å². The molecule has 104 valence electrons. The number of nitrogens with one attached hydrogen (secondary N) is 1. The predicted octanol–water partition coefficient (Wildman–Crippen LogP) is 1.71. The first-order chi connectivity index (χ1) is 8.19. The summed E-state index contributed by atoms with van der Waals surface area (Å²) in [6.45, 7) is 5.87. The highest BCUT2D eigenvalue weighted by Gasteiger charge is 2.53. The van der Waals surface area contributed by atoms with Crippen LogP contribution in [0.3, 0.4) is 0 Å². The molecule has 18 heavy (non-hydrogen) atoms. The third-order valence-electron chi connectivity index (χ3n) is 3.39. The van der Waals surface area contributed by atoms with Crippen LogP contribution in [-0.2, 0) is 4.74 Å². The van der Waals surface area contributed by atoms with Gasteiger partial charge in [0.15, 0.2) is 0 Å². The first kappa shape index (κ1) is 13.5. The summed E-state index contributed by atoms with van der Waals surface area (Å²) in [6, 6.07) is 0. The number of rotatable bonds is 0. The van der Waals surface area contributed by atoms with Gasteiger partial charge in [-0.2, -0.15) is 0 Å². The lowest BCUT2D eigenvalue weighted by Gasteiger charge is -2.40. The molecule has 2 saturated heterocycles. The molecule has 0 saturated carbocycles. The minimum atomic E-state index is -2.83. The Morgan fingerprint density at radius 2 is 2.06 bits per heavy atom. The van der Waals surface area contributed by atoms with E-state index < -0.39 is 30.1 Å². The summed E-state index contributed by atoms with van der Waals surface area (Å²) in [5.41, 5.74) is -0.656. The van der Waals surface area contributed by atoms with Crippen LogP contribution in [0.15, 0.2) is 0 Å². The Morgan fingerprint density at radius 3 is 2.67 bits per heavy atom. The number of nitrogens with zero attached hydrogens (tertiary/aromatic N) is 1. The van der Waals surface area contributed by atoms with Crippen LogP contribution in [0.25, 0.3) is 0 Å². The third kappa shape index (κ3) is 2.74. The van der Waals surface area contributed by atoms with Crippen LogP contribution in [0.5, 0.6) is 0 Å². The lowest BCUT2D eigenvalue weighted by molar-refractivity contribution is -0.119. The fourth-order valence-electron chi connectivity index (χ4n) is 2.60. The number of piperidine rings is 1. The summed E-state index contributed by atoms with van der Waals surface area (Å²) in [6.07, 6.45) is -0.646. The van der Waals surface area contributed by atoms with Gasteiger partial charge in [-0.3, -0.25) is 0 Å². The Labute approximate surface area is 106 Å². The van der Waals surface area contributed by atoms with Crippen LogP contribution in [0.4, 0.5) is 13.6 Å². The van der Waals surface area contributed by atoms with E-state index in [9.17, 15) is 13.6 Å². The molecule has 2 atom stereocenters. The highest BCUT2D eigenvalue weighted by Crippen LogP contribution is 2.38. The number of alkyl halides is 2. The number of likely N-dealkylation sites (tertiary alicyclic amines) is 1. The molecule has 0 bridgehead atoms. The lowest BCUT2D eigenvalue weighted by atomic mass is 9.86. The van der Waals surface area contributed by atoms with Crippen LogP contribution >= 0.6 is 0 Å². The average molecular weight is 262 g/mol. The van der Waals surface area contributed by atoms with Crippen molar-refractivity contribution in [2.45, 2.75) is 32.3 Å². The van der Waals surface area contributed by atoms with E-state index in [1.165, 1.54) is 0 Å². The SMILES string of the molecule is CC(C)(C)OC(=O)N1C[C@@H]2CNC[C@H]2C(F)(F)C1. The third-order valence-corrected chi connectivity index (χ3v) is 3.39. The second-order valence-corrected chi connectivity index (χ2v) is 6.15. The van der Waals surface area contributed by atoms with E-state index in [1.54, 1.807) is 20.8 Å². The fourth-order valence-corrected chi connectivity index (χ4v) is 2.60. The zero-order valence-electron chi connectivity index (χ0n) is 11.0. The molecule has 0 unspecified atom stereocenters. The minimum absolute atomic E-state index is 0.179. The van der Waals surface area contributed by atoms with E-state index in [0.717, 1.165) is 4.90 Å². The molecule has 1 amide bonds. The number of hydrogen-bond donors (Lipinski definition) is 1. The van der Waals surface area contributed by atoms with Gasteiger partial charge in [-0.25, -0.2) is 13.6 Å². The second kappa shape index (κ2) is 4.33.